The Hall–Kier alpha value is -2.09. The van der Waals surface area contributed by atoms with Gasteiger partial charge < -0.3 is 31.0 Å². The zero-order valence-corrected chi connectivity index (χ0v) is 13.4. The van der Waals surface area contributed by atoms with E-state index in [2.05, 4.69) is 21.3 Å². The molecule has 1 unspecified atom stereocenters. The minimum atomic E-state index is -1.62. The summed E-state index contributed by atoms with van der Waals surface area (Å²) in [5.41, 5.74) is 10.00. The number of ether oxygens (including phenoxy) is 1. The summed E-state index contributed by atoms with van der Waals surface area (Å²) in [5.74, 6) is 2.45. The van der Waals surface area contributed by atoms with E-state index in [1.54, 1.807) is 0 Å². The van der Waals surface area contributed by atoms with E-state index >= 15 is 0 Å². The highest BCUT2D eigenvalue weighted by molar-refractivity contribution is 6.30. The van der Waals surface area contributed by atoms with E-state index in [0.29, 0.717) is 0 Å². The van der Waals surface area contributed by atoms with Gasteiger partial charge in [-0.25, -0.2) is 0 Å². The van der Waals surface area contributed by atoms with Crippen LogP contribution in [0.2, 0.25) is 0 Å². The van der Waals surface area contributed by atoms with Crippen LogP contribution >= 0.6 is 11.6 Å². The van der Waals surface area contributed by atoms with Crippen LogP contribution in [0.15, 0.2) is 17.1 Å². The molecule has 0 aromatic carbocycles. The number of nitrogens with zero attached hydrogens (tertiary/aromatic N) is 2. The van der Waals surface area contributed by atoms with Crippen LogP contribution in [0.1, 0.15) is 13.2 Å². The zero-order chi connectivity index (χ0) is 17.6. The molecule has 1 fully saturated rings. The molecular weight excluding hydrogens is 338 g/mol. The van der Waals surface area contributed by atoms with Gasteiger partial charge in [0.2, 0.25) is 5.95 Å². The van der Waals surface area contributed by atoms with Gasteiger partial charge in [-0.15, -0.1) is 0 Å². The Labute approximate surface area is 141 Å². The minimum Gasteiger partial charge on any atom is -0.391 e. The van der Waals surface area contributed by atoms with Crippen molar-refractivity contribution in [1.82, 2.24) is 14.5 Å². The number of aromatic amines is 1. The fourth-order valence-electron chi connectivity index (χ4n) is 2.89. The van der Waals surface area contributed by atoms with Crippen molar-refractivity contribution in [2.24, 2.45) is 5.73 Å². The van der Waals surface area contributed by atoms with E-state index in [4.69, 9.17) is 27.8 Å². The van der Waals surface area contributed by atoms with Gasteiger partial charge in [0.1, 0.15) is 12.2 Å². The standard InChI is InChI=1S/C14H16ClN5O4/c1-6(21)8-9(22)14(17,3-4-15)12(24-8)20-5-2-7-10(20)18-13(16)19-11(7)23/h2,5-6,8-9,12,21-22H,17H2,1H3,(H3,16,18,19,23)/t6-,8+,9-,12+,14?/m0/s1. The second-order valence-corrected chi connectivity index (χ2v) is 5.89. The van der Waals surface area contributed by atoms with Gasteiger partial charge in [-0.05, 0) is 24.6 Å². The summed E-state index contributed by atoms with van der Waals surface area (Å²) in [6, 6.07) is 1.51. The molecule has 128 valence electrons. The Morgan fingerprint density at radius 2 is 2.33 bits per heavy atom. The van der Waals surface area contributed by atoms with Crippen molar-refractivity contribution >= 4 is 28.6 Å². The van der Waals surface area contributed by atoms with Crippen LogP contribution in [0, 0.1) is 11.3 Å². The molecule has 1 aliphatic heterocycles. The predicted octanol–water partition coefficient (Wildman–Crippen LogP) is -1.16. The van der Waals surface area contributed by atoms with E-state index in [-0.39, 0.29) is 17.0 Å². The van der Waals surface area contributed by atoms with Gasteiger partial charge in [-0.1, -0.05) is 5.92 Å². The molecule has 1 saturated heterocycles. The number of aliphatic hydroxyl groups is 2. The lowest BCUT2D eigenvalue weighted by Gasteiger charge is -2.28. The second kappa shape index (κ2) is 5.77. The lowest BCUT2D eigenvalue weighted by atomic mass is 9.90. The number of H-pyrrole nitrogens is 1. The van der Waals surface area contributed by atoms with Gasteiger partial charge in [0.05, 0.1) is 11.5 Å². The number of nitrogens with one attached hydrogen (secondary N) is 1. The highest BCUT2D eigenvalue weighted by Crippen LogP contribution is 2.39. The third-order valence-corrected chi connectivity index (χ3v) is 4.18. The van der Waals surface area contributed by atoms with Crippen molar-refractivity contribution < 1.29 is 14.9 Å². The van der Waals surface area contributed by atoms with Crippen molar-refractivity contribution in [3.8, 4) is 11.3 Å². The molecule has 0 bridgehead atoms. The van der Waals surface area contributed by atoms with E-state index in [1.165, 1.54) is 23.8 Å². The molecule has 0 radical (unpaired) electrons. The van der Waals surface area contributed by atoms with Gasteiger partial charge in [0, 0.05) is 11.6 Å². The van der Waals surface area contributed by atoms with Gasteiger partial charge in [0.25, 0.3) is 5.56 Å². The number of hydrogen-bond acceptors (Lipinski definition) is 7. The number of nitrogens with two attached hydrogens (primary N) is 2. The SMILES string of the molecule is C[C@H](O)[C@H]1O[C@@H](n2ccc3c(=O)[nH]c(N)nc32)C(N)(C#CCl)[C@H]1O. The number of hydrogen-bond donors (Lipinski definition) is 5. The van der Waals surface area contributed by atoms with E-state index in [9.17, 15) is 15.0 Å². The van der Waals surface area contributed by atoms with Gasteiger partial charge in [-0.3, -0.25) is 9.78 Å². The first-order valence-electron chi connectivity index (χ1n) is 7.09. The highest BCUT2D eigenvalue weighted by Gasteiger charge is 2.55. The van der Waals surface area contributed by atoms with Crippen molar-refractivity contribution in [2.45, 2.75) is 37.0 Å². The van der Waals surface area contributed by atoms with Gasteiger partial charge >= 0.3 is 0 Å². The summed E-state index contributed by atoms with van der Waals surface area (Å²) in [5, 5.41) is 22.7. The molecule has 24 heavy (non-hydrogen) atoms. The Balaban J connectivity index is 2.20. The molecule has 0 saturated carbocycles. The second-order valence-electron chi connectivity index (χ2n) is 5.70. The summed E-state index contributed by atoms with van der Waals surface area (Å²) < 4.78 is 7.16. The van der Waals surface area contributed by atoms with Crippen molar-refractivity contribution in [3.05, 3.63) is 22.6 Å². The molecule has 3 heterocycles. The van der Waals surface area contributed by atoms with Crippen LogP contribution in [0.5, 0.6) is 0 Å². The molecule has 0 aliphatic carbocycles. The fourth-order valence-corrected chi connectivity index (χ4v) is 3.06. The van der Waals surface area contributed by atoms with Crippen LogP contribution in [0.25, 0.3) is 11.0 Å². The molecule has 1 aliphatic rings. The Morgan fingerprint density at radius 3 is 2.96 bits per heavy atom. The van der Waals surface area contributed by atoms with Crippen LogP contribution in [-0.2, 0) is 4.74 Å². The summed E-state index contributed by atoms with van der Waals surface area (Å²) in [7, 11) is 0. The number of nitrogen functional groups attached to an aromatic ring is 1. The average Bonchev–Trinajstić information content (AvgIpc) is 3.00. The zero-order valence-electron chi connectivity index (χ0n) is 12.6. The number of rotatable bonds is 2. The Bertz CT molecular complexity index is 898. The molecule has 0 spiro atoms. The molecule has 10 heteroatoms. The Morgan fingerprint density at radius 1 is 1.62 bits per heavy atom. The largest absolute Gasteiger partial charge is 0.391 e. The van der Waals surface area contributed by atoms with E-state index < -0.39 is 35.6 Å². The monoisotopic (exact) mass is 353 g/mol. The van der Waals surface area contributed by atoms with Crippen LogP contribution in [0.3, 0.4) is 0 Å². The molecule has 2 aromatic rings. The number of fused-ring (bicyclic) bond motifs is 1. The van der Waals surface area contributed by atoms with Crippen LogP contribution < -0.4 is 17.0 Å². The predicted molar refractivity (Wildman–Crippen MR) is 86.9 cm³/mol. The number of halogens is 1. The van der Waals surface area contributed by atoms with E-state index in [1.807, 2.05) is 0 Å². The van der Waals surface area contributed by atoms with Gasteiger partial charge in [0.15, 0.2) is 17.4 Å². The molecule has 0 amide bonds. The van der Waals surface area contributed by atoms with Crippen LogP contribution in [-0.4, -0.2) is 48.6 Å². The van der Waals surface area contributed by atoms with E-state index in [0.717, 1.165) is 0 Å². The lowest BCUT2D eigenvalue weighted by molar-refractivity contribution is -0.0755. The molecule has 7 N–H and O–H groups in total. The molecular formula is C14H16ClN5O4. The Kier molecular flexibility index (Phi) is 4.03. The third-order valence-electron chi connectivity index (χ3n) is 4.09. The molecule has 9 nitrogen and oxygen atoms in total. The molecule has 2 aromatic heterocycles. The van der Waals surface area contributed by atoms with Gasteiger partial charge in [-0.2, -0.15) is 4.98 Å². The normalized spacial score (nSPS) is 31.0. The summed E-state index contributed by atoms with van der Waals surface area (Å²) in [4.78, 5) is 18.4. The van der Waals surface area contributed by atoms with Crippen molar-refractivity contribution in [2.75, 3.05) is 5.73 Å². The minimum absolute atomic E-state index is 0.0795. The summed E-state index contributed by atoms with van der Waals surface area (Å²) in [6.45, 7) is 1.46. The summed E-state index contributed by atoms with van der Waals surface area (Å²) >= 11 is 5.49. The maximum Gasteiger partial charge on any atom is 0.261 e. The lowest BCUT2D eigenvalue weighted by Crippen LogP contribution is -2.54. The van der Waals surface area contributed by atoms with Crippen LogP contribution in [0.4, 0.5) is 5.95 Å². The maximum atomic E-state index is 12.0. The smallest absolute Gasteiger partial charge is 0.261 e. The fraction of sp³-hybridized carbons (Fsp3) is 0.429. The highest BCUT2D eigenvalue weighted by atomic mass is 35.5. The first-order valence-corrected chi connectivity index (χ1v) is 7.47. The quantitative estimate of drug-likeness (QED) is 0.427. The third kappa shape index (κ3) is 2.36. The van der Waals surface area contributed by atoms with Crippen molar-refractivity contribution in [3.63, 3.8) is 0 Å². The number of aromatic nitrogens is 3. The molecule has 3 rings (SSSR count). The van der Waals surface area contributed by atoms with Crippen molar-refractivity contribution in [1.29, 1.82) is 0 Å². The average molecular weight is 354 g/mol. The summed E-state index contributed by atoms with van der Waals surface area (Å²) in [6.07, 6.45) is -2.83. The molecule has 5 atom stereocenters. The number of aliphatic hydroxyl groups excluding tert-OH is 2. The number of anilines is 1. The topological polar surface area (TPSA) is 152 Å². The first kappa shape index (κ1) is 16.8. The first-order chi connectivity index (χ1) is 11.3. The maximum absolute atomic E-state index is 12.0.